The van der Waals surface area contributed by atoms with Crippen molar-refractivity contribution in [1.82, 2.24) is 0 Å². The standard InChI is InChI=1S/C4H4F4O/c1-2(9)3(5)4(6,7)8/h3H,1H3. The highest BCUT2D eigenvalue weighted by Gasteiger charge is 2.43. The summed E-state index contributed by atoms with van der Waals surface area (Å²) in [6, 6.07) is 0. The number of rotatable bonds is 1. The lowest BCUT2D eigenvalue weighted by Crippen LogP contribution is -2.30. The van der Waals surface area contributed by atoms with E-state index in [2.05, 4.69) is 0 Å². The van der Waals surface area contributed by atoms with Gasteiger partial charge in [0.15, 0.2) is 5.78 Å². The summed E-state index contributed by atoms with van der Waals surface area (Å²) in [6.45, 7) is 0.554. The maximum absolute atomic E-state index is 11.6. The van der Waals surface area contributed by atoms with Crippen molar-refractivity contribution >= 4 is 5.78 Å². The first-order valence-corrected chi connectivity index (χ1v) is 2.07. The van der Waals surface area contributed by atoms with Crippen LogP contribution in [0.25, 0.3) is 0 Å². The van der Waals surface area contributed by atoms with E-state index in [0.717, 1.165) is 0 Å². The maximum atomic E-state index is 11.6. The summed E-state index contributed by atoms with van der Waals surface area (Å²) >= 11 is 0. The van der Waals surface area contributed by atoms with Crippen molar-refractivity contribution in [2.24, 2.45) is 0 Å². The quantitative estimate of drug-likeness (QED) is 0.509. The van der Waals surface area contributed by atoms with Gasteiger partial charge in [-0.3, -0.25) is 4.79 Å². The molecule has 0 aromatic rings. The van der Waals surface area contributed by atoms with Crippen molar-refractivity contribution in [3.63, 3.8) is 0 Å². The van der Waals surface area contributed by atoms with Crippen molar-refractivity contribution in [2.75, 3.05) is 0 Å². The summed E-state index contributed by atoms with van der Waals surface area (Å²) in [5.74, 6) is -1.51. The number of hydrogen-bond acceptors (Lipinski definition) is 1. The van der Waals surface area contributed by atoms with E-state index in [4.69, 9.17) is 0 Å². The number of Topliss-reactive ketones (excluding diaryl/α,β-unsaturated/α-hetero) is 1. The molecule has 0 rings (SSSR count). The fourth-order valence-corrected chi connectivity index (χ4v) is 0.230. The van der Waals surface area contributed by atoms with Gasteiger partial charge in [0, 0.05) is 0 Å². The minimum atomic E-state index is -5.04. The molecule has 54 valence electrons. The number of ketones is 1. The van der Waals surface area contributed by atoms with Crippen LogP contribution in [-0.4, -0.2) is 18.1 Å². The van der Waals surface area contributed by atoms with E-state index in [9.17, 15) is 22.4 Å². The second-order valence-corrected chi connectivity index (χ2v) is 1.51. The highest BCUT2D eigenvalue weighted by molar-refractivity contribution is 5.81. The Balaban J connectivity index is 4.04. The monoisotopic (exact) mass is 144 g/mol. The molecular weight excluding hydrogens is 140 g/mol. The molecule has 0 aromatic heterocycles. The SMILES string of the molecule is CC(=O)C(F)C(F)(F)F. The van der Waals surface area contributed by atoms with Crippen molar-refractivity contribution in [1.29, 1.82) is 0 Å². The Morgan fingerprint density at radius 1 is 1.44 bits per heavy atom. The van der Waals surface area contributed by atoms with Gasteiger partial charge in [0.1, 0.15) is 0 Å². The summed E-state index contributed by atoms with van der Waals surface area (Å²) in [4.78, 5) is 9.70. The lowest BCUT2D eigenvalue weighted by atomic mass is 10.3. The van der Waals surface area contributed by atoms with Gasteiger partial charge in [-0.05, 0) is 6.92 Å². The van der Waals surface area contributed by atoms with Crippen LogP contribution in [0, 0.1) is 0 Å². The van der Waals surface area contributed by atoms with Crippen LogP contribution in [0.2, 0.25) is 0 Å². The van der Waals surface area contributed by atoms with Crippen LogP contribution in [0.15, 0.2) is 0 Å². The zero-order chi connectivity index (χ0) is 7.65. The molecule has 0 spiro atoms. The Morgan fingerprint density at radius 2 is 1.78 bits per heavy atom. The zero-order valence-electron chi connectivity index (χ0n) is 4.50. The van der Waals surface area contributed by atoms with Gasteiger partial charge in [-0.25, -0.2) is 4.39 Å². The van der Waals surface area contributed by atoms with Gasteiger partial charge in [-0.1, -0.05) is 0 Å². The normalized spacial score (nSPS) is 15.2. The number of alkyl halides is 4. The van der Waals surface area contributed by atoms with Crippen LogP contribution in [0.1, 0.15) is 6.92 Å². The molecular formula is C4H4F4O. The van der Waals surface area contributed by atoms with E-state index in [0.29, 0.717) is 6.92 Å². The topological polar surface area (TPSA) is 17.1 Å². The number of halogens is 4. The second kappa shape index (κ2) is 2.33. The minimum Gasteiger partial charge on any atom is -0.296 e. The Hall–Kier alpha value is -0.610. The molecule has 0 saturated heterocycles. The van der Waals surface area contributed by atoms with E-state index in [-0.39, 0.29) is 0 Å². The molecule has 1 nitrogen and oxygen atoms in total. The summed E-state index contributed by atoms with van der Waals surface area (Å²) in [5.41, 5.74) is 0. The number of carbonyl (C=O) groups is 1. The molecule has 0 aromatic carbocycles. The van der Waals surface area contributed by atoms with Gasteiger partial charge < -0.3 is 0 Å². The third-order valence-electron chi connectivity index (χ3n) is 0.644. The molecule has 0 saturated carbocycles. The highest BCUT2D eigenvalue weighted by Crippen LogP contribution is 2.22. The first-order chi connectivity index (χ1) is 3.85. The van der Waals surface area contributed by atoms with Gasteiger partial charge in [0.05, 0.1) is 0 Å². The summed E-state index contributed by atoms with van der Waals surface area (Å²) in [7, 11) is 0. The third-order valence-corrected chi connectivity index (χ3v) is 0.644. The van der Waals surface area contributed by atoms with E-state index in [1.54, 1.807) is 0 Å². The first-order valence-electron chi connectivity index (χ1n) is 2.07. The molecule has 9 heavy (non-hydrogen) atoms. The van der Waals surface area contributed by atoms with Crippen LogP contribution in [0.3, 0.4) is 0 Å². The lowest BCUT2D eigenvalue weighted by molar-refractivity contribution is -0.184. The maximum Gasteiger partial charge on any atom is 0.426 e. The first kappa shape index (κ1) is 8.39. The Bertz CT molecular complexity index is 116. The van der Waals surface area contributed by atoms with E-state index < -0.39 is 18.1 Å². The van der Waals surface area contributed by atoms with E-state index >= 15 is 0 Å². The third kappa shape index (κ3) is 2.43. The molecule has 0 aliphatic carbocycles. The van der Waals surface area contributed by atoms with Crippen LogP contribution in [-0.2, 0) is 4.79 Å². The van der Waals surface area contributed by atoms with Crippen LogP contribution in [0.4, 0.5) is 17.6 Å². The Kier molecular flexibility index (Phi) is 2.17. The minimum absolute atomic E-state index is 0.554. The number of carbonyl (C=O) groups excluding carboxylic acids is 1. The van der Waals surface area contributed by atoms with Gasteiger partial charge >= 0.3 is 6.18 Å². The van der Waals surface area contributed by atoms with Crippen LogP contribution in [0.5, 0.6) is 0 Å². The lowest BCUT2D eigenvalue weighted by Gasteiger charge is -2.06. The highest BCUT2D eigenvalue weighted by atomic mass is 19.4. The smallest absolute Gasteiger partial charge is 0.296 e. The zero-order valence-corrected chi connectivity index (χ0v) is 4.50. The van der Waals surface area contributed by atoms with Crippen LogP contribution >= 0.6 is 0 Å². The molecule has 0 N–H and O–H groups in total. The molecule has 0 fully saturated rings. The fourth-order valence-electron chi connectivity index (χ4n) is 0.230. The van der Waals surface area contributed by atoms with Crippen LogP contribution < -0.4 is 0 Å². The second-order valence-electron chi connectivity index (χ2n) is 1.51. The summed E-state index contributed by atoms with van der Waals surface area (Å²) in [5, 5.41) is 0. The molecule has 5 heteroatoms. The number of hydrogen-bond donors (Lipinski definition) is 0. The average molecular weight is 144 g/mol. The van der Waals surface area contributed by atoms with E-state index in [1.807, 2.05) is 0 Å². The Labute approximate surface area is 48.7 Å². The molecule has 0 heterocycles. The molecule has 0 bridgehead atoms. The fraction of sp³-hybridized carbons (Fsp3) is 0.750. The molecule has 0 radical (unpaired) electrons. The van der Waals surface area contributed by atoms with Crippen molar-refractivity contribution < 1.29 is 22.4 Å². The summed E-state index contributed by atoms with van der Waals surface area (Å²) in [6.07, 6.45) is -8.36. The van der Waals surface area contributed by atoms with E-state index in [1.165, 1.54) is 0 Å². The molecule has 0 amide bonds. The van der Waals surface area contributed by atoms with Gasteiger partial charge in [-0.2, -0.15) is 13.2 Å². The van der Waals surface area contributed by atoms with Gasteiger partial charge in [-0.15, -0.1) is 0 Å². The molecule has 1 atom stereocenters. The van der Waals surface area contributed by atoms with Crippen molar-refractivity contribution in [3.05, 3.63) is 0 Å². The van der Waals surface area contributed by atoms with Gasteiger partial charge in [0.25, 0.3) is 6.17 Å². The van der Waals surface area contributed by atoms with Gasteiger partial charge in [0.2, 0.25) is 0 Å². The predicted molar refractivity (Wildman–Crippen MR) is 21.6 cm³/mol. The van der Waals surface area contributed by atoms with Crippen molar-refractivity contribution in [2.45, 2.75) is 19.3 Å². The largest absolute Gasteiger partial charge is 0.426 e. The summed E-state index contributed by atoms with van der Waals surface area (Å²) < 4.78 is 44.9. The predicted octanol–water partition coefficient (Wildman–Crippen LogP) is 1.48. The molecule has 1 unspecified atom stereocenters. The Morgan fingerprint density at radius 3 is 1.78 bits per heavy atom. The van der Waals surface area contributed by atoms with Crippen molar-refractivity contribution in [3.8, 4) is 0 Å². The molecule has 0 aliphatic rings. The average Bonchev–Trinajstić information content (AvgIpc) is 1.62. The molecule has 0 aliphatic heterocycles.